The molecule has 0 amide bonds. The predicted molar refractivity (Wildman–Crippen MR) is 313 cm³/mol. The second-order valence-electron chi connectivity index (χ2n) is 22.0. The molecule has 1 fully saturated rings. The van der Waals surface area contributed by atoms with E-state index in [9.17, 15) is 34.5 Å². The molecule has 0 spiro atoms. The molecule has 0 bridgehead atoms. The Hall–Kier alpha value is -3.06. The summed E-state index contributed by atoms with van der Waals surface area (Å²) in [5.74, 6) is -3.11. The zero-order valence-corrected chi connectivity index (χ0v) is 49.5. The lowest BCUT2D eigenvalue weighted by atomic mass is 9.98. The van der Waals surface area contributed by atoms with Crippen molar-refractivity contribution in [1.82, 2.24) is 0 Å². The van der Waals surface area contributed by atoms with Gasteiger partial charge in [-0.15, -0.1) is 0 Å². The molecule has 0 aromatic carbocycles. The maximum Gasteiger partial charge on any atom is 0.335 e. The van der Waals surface area contributed by atoms with Crippen molar-refractivity contribution < 1.29 is 58.2 Å². The summed E-state index contributed by atoms with van der Waals surface area (Å²) in [7, 11) is 0. The average molecular weight is 1090 g/mol. The van der Waals surface area contributed by atoms with E-state index in [4.69, 9.17) is 23.7 Å². The number of carboxylic acid groups (broad SMARTS) is 1. The van der Waals surface area contributed by atoms with Crippen LogP contribution in [-0.4, -0.2) is 89.2 Å². The van der Waals surface area contributed by atoms with Crippen molar-refractivity contribution in [3.05, 3.63) is 36.5 Å². The molecule has 1 heterocycles. The third-order valence-corrected chi connectivity index (χ3v) is 14.7. The van der Waals surface area contributed by atoms with Crippen molar-refractivity contribution in [2.45, 2.75) is 340 Å². The minimum absolute atomic E-state index is 0.0447. The van der Waals surface area contributed by atoms with Crippen molar-refractivity contribution in [3.63, 3.8) is 0 Å². The summed E-state index contributed by atoms with van der Waals surface area (Å²) < 4.78 is 28.5. The first-order valence-electron chi connectivity index (χ1n) is 32.0. The minimum Gasteiger partial charge on any atom is -0.479 e. The third-order valence-electron chi connectivity index (χ3n) is 14.7. The second-order valence-corrected chi connectivity index (χ2v) is 22.0. The number of aliphatic hydroxyl groups excluding tert-OH is 2. The number of aliphatic hydroxyl groups is 2. The Morgan fingerprint density at radius 3 is 1.25 bits per heavy atom. The molecule has 0 aromatic rings. The first-order chi connectivity index (χ1) is 37.6. The number of carbonyl (C=O) groups is 4. The van der Waals surface area contributed by atoms with Gasteiger partial charge >= 0.3 is 23.9 Å². The Balaban J connectivity index is 2.66. The number of hydrogen-bond acceptors (Lipinski definition) is 11. The third kappa shape index (κ3) is 43.4. The van der Waals surface area contributed by atoms with Crippen LogP contribution in [0.15, 0.2) is 36.5 Å². The molecule has 0 aliphatic carbocycles. The molecule has 448 valence electrons. The summed E-state index contributed by atoms with van der Waals surface area (Å²) in [6.45, 7) is 5.92. The van der Waals surface area contributed by atoms with Crippen LogP contribution in [0.4, 0.5) is 0 Å². The lowest BCUT2D eigenvalue weighted by Gasteiger charge is -2.40. The molecule has 0 radical (unpaired) electrons. The number of esters is 3. The van der Waals surface area contributed by atoms with Crippen molar-refractivity contribution >= 4 is 23.9 Å². The fraction of sp³-hybridized carbons (Fsp3) is 0.846. The molecule has 1 saturated heterocycles. The zero-order valence-electron chi connectivity index (χ0n) is 49.5. The Labute approximate surface area is 470 Å². The van der Waals surface area contributed by atoms with Crippen molar-refractivity contribution in [2.75, 3.05) is 13.2 Å². The fourth-order valence-corrected chi connectivity index (χ4v) is 9.86. The highest BCUT2D eigenvalue weighted by Crippen LogP contribution is 2.27. The van der Waals surface area contributed by atoms with E-state index in [1.165, 1.54) is 154 Å². The Morgan fingerprint density at radius 1 is 0.442 bits per heavy atom. The maximum absolute atomic E-state index is 13.2. The van der Waals surface area contributed by atoms with Crippen LogP contribution in [0, 0.1) is 0 Å². The van der Waals surface area contributed by atoms with Gasteiger partial charge in [0.15, 0.2) is 24.6 Å². The number of carboxylic acids is 1. The molecule has 6 unspecified atom stereocenters. The predicted octanol–water partition coefficient (Wildman–Crippen LogP) is 16.8. The van der Waals surface area contributed by atoms with E-state index >= 15 is 0 Å². The van der Waals surface area contributed by atoms with Gasteiger partial charge in [-0.2, -0.15) is 0 Å². The molecular weight excluding hydrogens is 973 g/mol. The highest BCUT2D eigenvalue weighted by atomic mass is 16.7. The molecular formula is C65H116O12. The number of carbonyl (C=O) groups excluding carboxylic acids is 3. The van der Waals surface area contributed by atoms with E-state index in [2.05, 4.69) is 57.2 Å². The normalized spacial score (nSPS) is 18.2. The van der Waals surface area contributed by atoms with Crippen LogP contribution in [0.25, 0.3) is 0 Å². The van der Waals surface area contributed by atoms with Gasteiger partial charge in [0, 0.05) is 19.3 Å². The highest BCUT2D eigenvalue weighted by Gasteiger charge is 2.50. The molecule has 77 heavy (non-hydrogen) atoms. The molecule has 3 N–H and O–H groups in total. The van der Waals surface area contributed by atoms with E-state index in [-0.39, 0.29) is 25.9 Å². The Bertz CT molecular complexity index is 1480. The topological polar surface area (TPSA) is 175 Å². The molecule has 12 nitrogen and oxygen atoms in total. The van der Waals surface area contributed by atoms with Crippen LogP contribution >= 0.6 is 0 Å². The van der Waals surface area contributed by atoms with Gasteiger partial charge < -0.3 is 39.0 Å². The summed E-state index contributed by atoms with van der Waals surface area (Å²) >= 11 is 0. The standard InChI is InChI=1S/C65H116O12/c1-4-7-10-13-16-19-22-25-28-29-32-33-36-39-42-45-48-51-57(66)73-54-56(75-58(67)52-49-46-43-40-37-34-30-26-23-20-17-14-11-8-5-2)55-74-65-63(61(70)60(69)62(77-65)64(71)72)76-59(68)53-50-47-44-41-38-35-31-27-24-21-18-15-12-9-6-3/h9,12,18,21,27,31,56,60-63,65,69-70H,4-8,10-11,13-17,19-20,22-26,28-30,32-55H2,1-3H3,(H,71,72)/b12-9-,21-18-,31-27-. The number of unbranched alkanes of at least 4 members (excludes halogenated alkanes) is 35. The molecule has 1 rings (SSSR count). The van der Waals surface area contributed by atoms with Crippen molar-refractivity contribution in [1.29, 1.82) is 0 Å². The zero-order chi connectivity index (χ0) is 56.1. The van der Waals surface area contributed by atoms with Crippen LogP contribution in [-0.2, 0) is 42.9 Å². The number of hydrogen-bond donors (Lipinski definition) is 3. The monoisotopic (exact) mass is 1090 g/mol. The Kier molecular flexibility index (Phi) is 50.1. The number of aliphatic carboxylic acids is 1. The molecule has 1 aliphatic heterocycles. The van der Waals surface area contributed by atoms with Gasteiger partial charge in [0.25, 0.3) is 0 Å². The summed E-state index contributed by atoms with van der Waals surface area (Å²) in [6.07, 6.45) is 51.0. The van der Waals surface area contributed by atoms with E-state index in [1.807, 2.05) is 0 Å². The highest BCUT2D eigenvalue weighted by molar-refractivity contribution is 5.74. The van der Waals surface area contributed by atoms with Crippen LogP contribution in [0.5, 0.6) is 0 Å². The number of rotatable bonds is 55. The van der Waals surface area contributed by atoms with Gasteiger partial charge in [0.2, 0.25) is 0 Å². The maximum atomic E-state index is 13.2. The van der Waals surface area contributed by atoms with Crippen molar-refractivity contribution in [2.24, 2.45) is 0 Å². The van der Waals surface area contributed by atoms with Crippen LogP contribution in [0.1, 0.15) is 303 Å². The number of allylic oxidation sites excluding steroid dienone is 6. The Morgan fingerprint density at radius 2 is 0.818 bits per heavy atom. The lowest BCUT2D eigenvalue weighted by Crippen LogP contribution is -2.61. The van der Waals surface area contributed by atoms with Gasteiger partial charge in [0.1, 0.15) is 18.8 Å². The second kappa shape index (κ2) is 53.6. The van der Waals surface area contributed by atoms with Gasteiger partial charge in [-0.05, 0) is 51.4 Å². The molecule has 1 aliphatic rings. The van der Waals surface area contributed by atoms with E-state index in [0.29, 0.717) is 19.3 Å². The SMILES string of the molecule is CC/C=C\C/C=C\C/C=C\CCCCCCCC(=O)OC1C(OCC(COC(=O)CCCCCCCCCCCCCCCCCCC)OC(=O)CCCCCCCCCCCCCCCCC)OC(C(=O)O)C(O)C1O. The quantitative estimate of drug-likeness (QED) is 0.0228. The first kappa shape index (κ1) is 72.0. The van der Waals surface area contributed by atoms with Gasteiger partial charge in [0.05, 0.1) is 6.61 Å². The summed E-state index contributed by atoms with van der Waals surface area (Å²) in [5, 5.41) is 31.5. The van der Waals surface area contributed by atoms with E-state index in [1.54, 1.807) is 0 Å². The lowest BCUT2D eigenvalue weighted by molar-refractivity contribution is -0.301. The summed E-state index contributed by atoms with van der Waals surface area (Å²) in [4.78, 5) is 51.2. The summed E-state index contributed by atoms with van der Waals surface area (Å²) in [5.41, 5.74) is 0. The summed E-state index contributed by atoms with van der Waals surface area (Å²) in [6, 6.07) is 0. The number of ether oxygens (including phenoxy) is 5. The van der Waals surface area contributed by atoms with E-state index in [0.717, 1.165) is 89.9 Å². The largest absolute Gasteiger partial charge is 0.479 e. The minimum atomic E-state index is -1.91. The molecule has 6 atom stereocenters. The van der Waals surface area contributed by atoms with Crippen LogP contribution in [0.3, 0.4) is 0 Å². The fourth-order valence-electron chi connectivity index (χ4n) is 9.86. The molecule has 0 aromatic heterocycles. The van der Waals surface area contributed by atoms with Crippen LogP contribution in [0.2, 0.25) is 0 Å². The molecule has 0 saturated carbocycles. The van der Waals surface area contributed by atoms with Crippen LogP contribution < -0.4 is 0 Å². The van der Waals surface area contributed by atoms with E-state index < -0.39 is 67.3 Å². The van der Waals surface area contributed by atoms with Crippen molar-refractivity contribution in [3.8, 4) is 0 Å². The van der Waals surface area contributed by atoms with Gasteiger partial charge in [-0.1, -0.05) is 269 Å². The molecule has 12 heteroatoms. The van der Waals surface area contributed by atoms with Gasteiger partial charge in [-0.3, -0.25) is 14.4 Å². The van der Waals surface area contributed by atoms with Gasteiger partial charge in [-0.25, -0.2) is 4.79 Å². The average Bonchev–Trinajstić information content (AvgIpc) is 3.43. The smallest absolute Gasteiger partial charge is 0.335 e. The first-order valence-corrected chi connectivity index (χ1v) is 32.0.